The van der Waals surface area contributed by atoms with E-state index in [-0.39, 0.29) is 27.6 Å². The van der Waals surface area contributed by atoms with E-state index < -0.39 is 17.9 Å². The van der Waals surface area contributed by atoms with Gasteiger partial charge in [-0.25, -0.2) is 9.48 Å². The number of benzene rings is 2. The quantitative estimate of drug-likeness (QED) is 0.425. The van der Waals surface area contributed by atoms with Gasteiger partial charge in [-0.2, -0.15) is 5.10 Å². The Labute approximate surface area is 223 Å². The van der Waals surface area contributed by atoms with Gasteiger partial charge in [-0.1, -0.05) is 53.5 Å². The molecular weight excluding hydrogens is 519 g/mol. The summed E-state index contributed by atoms with van der Waals surface area (Å²) in [5.41, 5.74) is 1.68. The van der Waals surface area contributed by atoms with Crippen LogP contribution in [-0.2, 0) is 22.5 Å². The summed E-state index contributed by atoms with van der Waals surface area (Å²) in [5.74, 6) is -1.87. The maximum atomic E-state index is 13.0. The summed E-state index contributed by atoms with van der Waals surface area (Å²) in [6.45, 7) is 4.22. The highest BCUT2D eigenvalue weighted by Crippen LogP contribution is 2.24. The van der Waals surface area contributed by atoms with Gasteiger partial charge in [-0.05, 0) is 29.3 Å². The number of rotatable bonds is 9. The van der Waals surface area contributed by atoms with E-state index in [9.17, 15) is 19.5 Å². The van der Waals surface area contributed by atoms with Crippen molar-refractivity contribution in [1.29, 1.82) is 0 Å². The van der Waals surface area contributed by atoms with Crippen LogP contribution >= 0.6 is 23.2 Å². The van der Waals surface area contributed by atoms with E-state index in [4.69, 9.17) is 27.9 Å². The van der Waals surface area contributed by atoms with E-state index in [1.165, 1.54) is 16.8 Å². The Morgan fingerprint density at radius 3 is 2.35 bits per heavy atom. The Morgan fingerprint density at radius 1 is 1.03 bits per heavy atom. The minimum Gasteiger partial charge on any atom is -0.480 e. The molecule has 0 radical (unpaired) electrons. The van der Waals surface area contributed by atoms with Crippen LogP contribution in [0.3, 0.4) is 0 Å². The van der Waals surface area contributed by atoms with Gasteiger partial charge in [-0.3, -0.25) is 14.5 Å². The van der Waals surface area contributed by atoms with Crippen LogP contribution in [0.25, 0.3) is 11.1 Å². The zero-order valence-corrected chi connectivity index (χ0v) is 21.4. The molecule has 9 nitrogen and oxygen atoms in total. The van der Waals surface area contributed by atoms with Gasteiger partial charge in [-0.15, -0.1) is 0 Å². The Kier molecular flexibility index (Phi) is 8.94. The van der Waals surface area contributed by atoms with E-state index in [1.807, 2.05) is 0 Å². The molecule has 1 atom stereocenters. The molecule has 4 rings (SSSR count). The first kappa shape index (κ1) is 26.8. The number of hydrogen-bond acceptors (Lipinski definition) is 6. The average molecular weight is 545 g/mol. The van der Waals surface area contributed by atoms with Crippen LogP contribution in [0.1, 0.15) is 15.9 Å². The molecule has 1 saturated heterocycles. The second-order valence-electron chi connectivity index (χ2n) is 8.59. The van der Waals surface area contributed by atoms with Crippen LogP contribution in [-0.4, -0.2) is 70.6 Å². The Hall–Kier alpha value is -3.24. The fourth-order valence-corrected chi connectivity index (χ4v) is 4.66. The number of carboxylic acid groups (broad SMARTS) is 1. The highest BCUT2D eigenvalue weighted by Gasteiger charge is 2.24. The van der Waals surface area contributed by atoms with Gasteiger partial charge in [0.25, 0.3) is 11.5 Å². The normalized spacial score (nSPS) is 14.8. The molecule has 2 heterocycles. The van der Waals surface area contributed by atoms with E-state index in [2.05, 4.69) is 15.3 Å². The van der Waals surface area contributed by atoms with Crippen molar-refractivity contribution in [3.63, 3.8) is 0 Å². The number of nitrogens with one attached hydrogen (secondary N) is 1. The van der Waals surface area contributed by atoms with E-state index in [0.29, 0.717) is 43.0 Å². The third kappa shape index (κ3) is 6.75. The number of carbonyl (C=O) groups is 2. The summed E-state index contributed by atoms with van der Waals surface area (Å²) in [5, 5.41) is 16.6. The molecule has 1 fully saturated rings. The van der Waals surface area contributed by atoms with Crippen molar-refractivity contribution in [3.8, 4) is 11.1 Å². The van der Waals surface area contributed by atoms with Gasteiger partial charge in [0.1, 0.15) is 6.04 Å². The van der Waals surface area contributed by atoms with Gasteiger partial charge in [0.05, 0.1) is 40.9 Å². The van der Waals surface area contributed by atoms with Crippen molar-refractivity contribution in [2.75, 3.05) is 32.8 Å². The lowest BCUT2D eigenvalue weighted by Gasteiger charge is -2.26. The number of nitrogens with zero attached hydrogens (tertiary/aromatic N) is 3. The van der Waals surface area contributed by atoms with E-state index >= 15 is 0 Å². The lowest BCUT2D eigenvalue weighted by molar-refractivity contribution is -0.139. The first-order valence-corrected chi connectivity index (χ1v) is 12.5. The minimum absolute atomic E-state index is 0.0232. The third-order valence-corrected chi connectivity index (χ3v) is 6.77. The zero-order valence-electron chi connectivity index (χ0n) is 19.9. The molecule has 1 amide bonds. The molecule has 0 bridgehead atoms. The molecule has 3 aromatic rings. The van der Waals surface area contributed by atoms with Crippen LogP contribution in [0.2, 0.25) is 10.0 Å². The number of morpholine rings is 1. The Balaban J connectivity index is 1.44. The first-order chi connectivity index (χ1) is 17.8. The first-order valence-electron chi connectivity index (χ1n) is 11.8. The second kappa shape index (κ2) is 12.3. The monoisotopic (exact) mass is 544 g/mol. The van der Waals surface area contributed by atoms with Crippen LogP contribution < -0.4 is 10.9 Å². The van der Waals surface area contributed by atoms with Crippen molar-refractivity contribution >= 4 is 35.1 Å². The highest BCUT2D eigenvalue weighted by atomic mass is 35.5. The van der Waals surface area contributed by atoms with Crippen molar-refractivity contribution in [3.05, 3.63) is 86.3 Å². The number of ether oxygens (including phenoxy) is 1. The fourth-order valence-electron chi connectivity index (χ4n) is 4.09. The summed E-state index contributed by atoms with van der Waals surface area (Å²) in [6.07, 6.45) is 1.63. The smallest absolute Gasteiger partial charge is 0.326 e. The maximum absolute atomic E-state index is 13.0. The minimum atomic E-state index is -1.20. The molecule has 194 valence electrons. The SMILES string of the molecule is O=C(NC(Cc1ccc(-c2ccnn(CCN3CCOCC3)c2=O)cc1)C(=O)O)c1c(Cl)cccc1Cl. The van der Waals surface area contributed by atoms with Crippen molar-refractivity contribution in [2.45, 2.75) is 19.0 Å². The van der Waals surface area contributed by atoms with Gasteiger partial charge in [0.15, 0.2) is 0 Å². The van der Waals surface area contributed by atoms with Crippen molar-refractivity contribution in [2.24, 2.45) is 0 Å². The van der Waals surface area contributed by atoms with Gasteiger partial charge >= 0.3 is 5.97 Å². The predicted octanol–water partition coefficient (Wildman–Crippen LogP) is 2.98. The molecular formula is C26H26Cl2N4O5. The summed E-state index contributed by atoms with van der Waals surface area (Å²) < 4.78 is 6.81. The molecule has 0 aliphatic carbocycles. The number of carbonyl (C=O) groups excluding carboxylic acids is 1. The third-order valence-electron chi connectivity index (χ3n) is 6.14. The standard InChI is InChI=1S/C26H26Cl2N4O5/c27-20-2-1-3-21(28)23(20)24(33)30-22(26(35)36)16-17-4-6-18(7-5-17)19-8-9-29-32(25(19)34)11-10-31-12-14-37-15-13-31/h1-9,22H,10-16H2,(H,30,33)(H,35,36). The molecule has 11 heteroatoms. The second-order valence-corrected chi connectivity index (χ2v) is 9.40. The predicted molar refractivity (Wildman–Crippen MR) is 140 cm³/mol. The number of hydrogen-bond donors (Lipinski definition) is 2. The molecule has 1 aliphatic rings. The molecule has 1 aromatic heterocycles. The summed E-state index contributed by atoms with van der Waals surface area (Å²) >= 11 is 12.1. The van der Waals surface area contributed by atoms with Crippen LogP contribution in [0, 0.1) is 0 Å². The topological polar surface area (TPSA) is 114 Å². The Morgan fingerprint density at radius 2 is 1.70 bits per heavy atom. The van der Waals surface area contributed by atoms with Crippen LogP contribution in [0.5, 0.6) is 0 Å². The lowest BCUT2D eigenvalue weighted by atomic mass is 10.0. The molecule has 0 spiro atoms. The molecule has 0 saturated carbocycles. The largest absolute Gasteiger partial charge is 0.480 e. The van der Waals surface area contributed by atoms with Crippen molar-refractivity contribution in [1.82, 2.24) is 20.0 Å². The van der Waals surface area contributed by atoms with E-state index in [1.54, 1.807) is 42.6 Å². The molecule has 1 aliphatic heterocycles. The maximum Gasteiger partial charge on any atom is 0.326 e. The van der Waals surface area contributed by atoms with Crippen LogP contribution in [0.4, 0.5) is 0 Å². The summed E-state index contributed by atoms with van der Waals surface area (Å²) in [7, 11) is 0. The fraction of sp³-hybridized carbons (Fsp3) is 0.308. The van der Waals surface area contributed by atoms with Gasteiger partial charge < -0.3 is 15.2 Å². The van der Waals surface area contributed by atoms with E-state index in [0.717, 1.165) is 13.1 Å². The molecule has 2 aromatic carbocycles. The van der Waals surface area contributed by atoms with Gasteiger partial charge in [0.2, 0.25) is 0 Å². The Bertz CT molecular complexity index is 1300. The number of amides is 1. The molecule has 1 unspecified atom stereocenters. The molecule has 2 N–H and O–H groups in total. The van der Waals surface area contributed by atoms with Crippen molar-refractivity contribution < 1.29 is 19.4 Å². The number of aromatic nitrogens is 2. The zero-order chi connectivity index (χ0) is 26.4. The highest BCUT2D eigenvalue weighted by molar-refractivity contribution is 6.39. The summed E-state index contributed by atoms with van der Waals surface area (Å²) in [4.78, 5) is 39.8. The van der Waals surface area contributed by atoms with Gasteiger partial charge in [0, 0.05) is 32.3 Å². The molecule has 37 heavy (non-hydrogen) atoms. The number of aliphatic carboxylic acids is 1. The average Bonchev–Trinajstić information content (AvgIpc) is 2.89. The lowest BCUT2D eigenvalue weighted by Crippen LogP contribution is -2.42. The number of halogens is 2. The number of carboxylic acids is 1. The summed E-state index contributed by atoms with van der Waals surface area (Å²) in [6, 6.07) is 12.0. The van der Waals surface area contributed by atoms with Crippen LogP contribution in [0.15, 0.2) is 59.5 Å².